The van der Waals surface area contributed by atoms with Gasteiger partial charge < -0.3 is 10.0 Å². The summed E-state index contributed by atoms with van der Waals surface area (Å²) in [5, 5.41) is 15.1. The van der Waals surface area contributed by atoms with Gasteiger partial charge in [-0.25, -0.2) is 4.79 Å². The zero-order chi connectivity index (χ0) is 19.7. The number of hydrogen-bond acceptors (Lipinski definition) is 4. The van der Waals surface area contributed by atoms with E-state index in [2.05, 4.69) is 5.10 Å². The molecule has 0 spiro atoms. The maximum atomic E-state index is 12.9. The van der Waals surface area contributed by atoms with Crippen molar-refractivity contribution >= 4 is 29.0 Å². The number of carboxylic acids is 1. The van der Waals surface area contributed by atoms with Crippen LogP contribution in [-0.4, -0.2) is 29.7 Å². The van der Waals surface area contributed by atoms with Gasteiger partial charge in [0.05, 0.1) is 28.2 Å². The molecule has 6 nitrogen and oxygen atoms in total. The summed E-state index contributed by atoms with van der Waals surface area (Å²) in [6.07, 6.45) is 1.63. The summed E-state index contributed by atoms with van der Waals surface area (Å²) in [6, 6.07) is 12.4. The first-order valence-corrected chi connectivity index (χ1v) is 8.54. The number of nitrogens with zero attached hydrogens (tertiary/aromatic N) is 3. The Morgan fingerprint density at radius 3 is 2.48 bits per heavy atom. The molecule has 1 N–H and O–H groups in total. The second kappa shape index (κ2) is 7.07. The fourth-order valence-corrected chi connectivity index (χ4v) is 2.92. The summed E-state index contributed by atoms with van der Waals surface area (Å²) < 4.78 is 0. The fraction of sp³-hybridized carbons (Fsp3) is 0.190. The molecule has 1 heterocycles. The van der Waals surface area contributed by atoms with Crippen LogP contribution in [0.5, 0.6) is 0 Å². The Morgan fingerprint density at radius 2 is 1.81 bits per heavy atom. The van der Waals surface area contributed by atoms with Gasteiger partial charge in [-0.1, -0.05) is 18.2 Å². The maximum absolute atomic E-state index is 12.9. The van der Waals surface area contributed by atoms with Crippen LogP contribution in [0.4, 0.5) is 11.4 Å². The van der Waals surface area contributed by atoms with Crippen LogP contribution in [0.15, 0.2) is 59.3 Å². The average Bonchev–Trinajstić information content (AvgIpc) is 2.92. The lowest BCUT2D eigenvalue weighted by Gasteiger charge is -2.18. The molecule has 1 aliphatic heterocycles. The van der Waals surface area contributed by atoms with Gasteiger partial charge in [0.15, 0.2) is 0 Å². The number of amides is 1. The number of benzene rings is 2. The standard InChI is InChI=1S/C21H21N3O3/c1-13-9-10-16(11-14(13)2)24-20(25)18(15(3)22-24)12-23(4)19-8-6-5-7-17(19)21(26)27/h5-12H,1-4H3,(H,26,27). The van der Waals surface area contributed by atoms with Crippen molar-refractivity contribution in [3.63, 3.8) is 0 Å². The van der Waals surface area contributed by atoms with Crippen LogP contribution in [0.3, 0.4) is 0 Å². The molecule has 2 aromatic carbocycles. The quantitative estimate of drug-likeness (QED) is 0.840. The minimum atomic E-state index is -1.02. The third kappa shape index (κ3) is 3.46. The molecule has 0 radical (unpaired) electrons. The van der Waals surface area contributed by atoms with E-state index in [9.17, 15) is 14.7 Å². The summed E-state index contributed by atoms with van der Waals surface area (Å²) in [4.78, 5) is 26.0. The second-order valence-corrected chi connectivity index (χ2v) is 6.55. The van der Waals surface area contributed by atoms with Crippen molar-refractivity contribution < 1.29 is 14.7 Å². The number of para-hydroxylation sites is 1. The Hall–Kier alpha value is -3.41. The number of hydrogen-bond donors (Lipinski definition) is 1. The van der Waals surface area contributed by atoms with E-state index < -0.39 is 5.97 Å². The fourth-order valence-electron chi connectivity index (χ4n) is 2.92. The third-order valence-corrected chi connectivity index (χ3v) is 4.63. The minimum Gasteiger partial charge on any atom is -0.478 e. The van der Waals surface area contributed by atoms with E-state index in [1.54, 1.807) is 43.3 Å². The van der Waals surface area contributed by atoms with Gasteiger partial charge in [-0.05, 0) is 56.2 Å². The molecular formula is C21H21N3O3. The molecule has 0 saturated heterocycles. The molecule has 0 aromatic heterocycles. The Labute approximate surface area is 158 Å². The topological polar surface area (TPSA) is 73.2 Å². The zero-order valence-electron chi connectivity index (χ0n) is 15.7. The molecule has 0 atom stereocenters. The second-order valence-electron chi connectivity index (χ2n) is 6.55. The molecule has 1 aliphatic rings. The van der Waals surface area contributed by atoms with Crippen molar-refractivity contribution in [3.05, 3.63) is 70.9 Å². The summed E-state index contributed by atoms with van der Waals surface area (Å²) in [7, 11) is 1.72. The van der Waals surface area contributed by atoms with Gasteiger partial charge in [0, 0.05) is 13.2 Å². The highest BCUT2D eigenvalue weighted by atomic mass is 16.4. The van der Waals surface area contributed by atoms with Crippen LogP contribution < -0.4 is 9.91 Å². The molecular weight excluding hydrogens is 342 g/mol. The van der Waals surface area contributed by atoms with E-state index in [4.69, 9.17) is 0 Å². The highest BCUT2D eigenvalue weighted by Gasteiger charge is 2.29. The van der Waals surface area contributed by atoms with Crippen LogP contribution >= 0.6 is 0 Å². The van der Waals surface area contributed by atoms with E-state index >= 15 is 0 Å². The lowest BCUT2D eigenvalue weighted by Crippen LogP contribution is -2.23. The van der Waals surface area contributed by atoms with Gasteiger partial charge in [-0.15, -0.1) is 0 Å². The highest BCUT2D eigenvalue weighted by Crippen LogP contribution is 2.27. The number of hydrazone groups is 1. The number of carbonyl (C=O) groups excluding carboxylic acids is 1. The van der Waals surface area contributed by atoms with Crippen LogP contribution in [0.2, 0.25) is 0 Å². The van der Waals surface area contributed by atoms with Gasteiger partial charge in [0.2, 0.25) is 0 Å². The molecule has 0 bridgehead atoms. The van der Waals surface area contributed by atoms with Crippen molar-refractivity contribution in [1.82, 2.24) is 0 Å². The van der Waals surface area contributed by atoms with Gasteiger partial charge in [0.1, 0.15) is 0 Å². The van der Waals surface area contributed by atoms with Crippen LogP contribution in [0.1, 0.15) is 28.4 Å². The van der Waals surface area contributed by atoms with Gasteiger partial charge in [0.25, 0.3) is 5.91 Å². The smallest absolute Gasteiger partial charge is 0.337 e. The van der Waals surface area contributed by atoms with E-state index in [0.29, 0.717) is 22.7 Å². The molecule has 0 unspecified atom stereocenters. The molecule has 138 valence electrons. The first-order valence-electron chi connectivity index (χ1n) is 8.54. The molecule has 3 rings (SSSR count). The zero-order valence-corrected chi connectivity index (χ0v) is 15.7. The molecule has 0 fully saturated rings. The summed E-state index contributed by atoms with van der Waals surface area (Å²) in [5.41, 5.74) is 4.61. The largest absolute Gasteiger partial charge is 0.478 e. The van der Waals surface area contributed by atoms with E-state index in [1.807, 2.05) is 32.0 Å². The van der Waals surface area contributed by atoms with E-state index in [-0.39, 0.29) is 11.5 Å². The number of carbonyl (C=O) groups is 2. The number of carboxylic acid groups (broad SMARTS) is 1. The number of anilines is 2. The Bertz CT molecular complexity index is 992. The first kappa shape index (κ1) is 18.4. The lowest BCUT2D eigenvalue weighted by atomic mass is 10.1. The Morgan fingerprint density at radius 1 is 1.11 bits per heavy atom. The average molecular weight is 363 g/mol. The van der Waals surface area contributed by atoms with Crippen LogP contribution in [-0.2, 0) is 4.79 Å². The van der Waals surface area contributed by atoms with Gasteiger partial charge in [-0.3, -0.25) is 4.79 Å². The normalized spacial score (nSPS) is 15.3. The summed E-state index contributed by atoms with van der Waals surface area (Å²) >= 11 is 0. The van der Waals surface area contributed by atoms with Gasteiger partial charge in [-0.2, -0.15) is 10.1 Å². The lowest BCUT2D eigenvalue weighted by molar-refractivity contribution is -0.114. The van der Waals surface area contributed by atoms with Crippen LogP contribution in [0, 0.1) is 13.8 Å². The van der Waals surface area contributed by atoms with Crippen molar-refractivity contribution in [2.45, 2.75) is 20.8 Å². The van der Waals surface area contributed by atoms with Crippen molar-refractivity contribution in [2.24, 2.45) is 5.10 Å². The predicted molar refractivity (Wildman–Crippen MR) is 106 cm³/mol. The maximum Gasteiger partial charge on any atom is 0.337 e. The number of aryl methyl sites for hydroxylation is 2. The molecule has 6 heteroatoms. The van der Waals surface area contributed by atoms with E-state index in [1.165, 1.54) is 11.1 Å². The van der Waals surface area contributed by atoms with Crippen molar-refractivity contribution in [1.29, 1.82) is 0 Å². The molecule has 0 saturated carbocycles. The molecule has 0 aliphatic carbocycles. The molecule has 27 heavy (non-hydrogen) atoms. The first-order chi connectivity index (χ1) is 12.8. The van der Waals surface area contributed by atoms with E-state index in [0.717, 1.165) is 11.1 Å². The third-order valence-electron chi connectivity index (χ3n) is 4.63. The van der Waals surface area contributed by atoms with Crippen molar-refractivity contribution in [2.75, 3.05) is 17.0 Å². The number of rotatable bonds is 4. The van der Waals surface area contributed by atoms with Gasteiger partial charge >= 0.3 is 5.97 Å². The molecule has 2 aromatic rings. The van der Waals surface area contributed by atoms with Crippen LogP contribution in [0.25, 0.3) is 0 Å². The number of aromatic carboxylic acids is 1. The summed E-state index contributed by atoms with van der Waals surface area (Å²) in [6.45, 7) is 5.77. The highest BCUT2D eigenvalue weighted by molar-refractivity contribution is 6.29. The summed E-state index contributed by atoms with van der Waals surface area (Å²) in [5.74, 6) is -1.26. The minimum absolute atomic E-state index is 0.169. The monoisotopic (exact) mass is 363 g/mol. The predicted octanol–water partition coefficient (Wildman–Crippen LogP) is 3.74. The SMILES string of the molecule is CC1=NN(c2ccc(C)c(C)c2)C(=O)C1=CN(C)c1ccccc1C(=O)O. The Balaban J connectivity index is 1.94. The van der Waals surface area contributed by atoms with Crippen molar-refractivity contribution in [3.8, 4) is 0 Å². The Kier molecular flexibility index (Phi) is 4.81. The molecule has 1 amide bonds.